The molecule has 0 amide bonds. The number of hydrogen-bond donors (Lipinski definition) is 3. The third kappa shape index (κ3) is 69.8. The maximum absolute atomic E-state index is 13.1. The molecule has 0 aromatic heterocycles. The molecule has 2 unspecified atom stereocenters. The molecule has 0 saturated carbocycles. The smallest absolute Gasteiger partial charge is 0.462 e. The van der Waals surface area contributed by atoms with Crippen LogP contribution in [0, 0.1) is 5.92 Å². The van der Waals surface area contributed by atoms with E-state index in [1.54, 1.807) is 0 Å². The Morgan fingerprint density at radius 3 is 0.863 bits per heavy atom. The average Bonchev–Trinajstić information content (AvgIpc) is 1.51. The molecule has 17 nitrogen and oxygen atoms in total. The second kappa shape index (κ2) is 68.7. The Hall–Kier alpha value is -2.46. The van der Waals surface area contributed by atoms with Crippen molar-refractivity contribution in [2.75, 3.05) is 39.6 Å². The van der Waals surface area contributed by atoms with Crippen molar-refractivity contribution in [1.29, 1.82) is 0 Å². The van der Waals surface area contributed by atoms with Gasteiger partial charge in [-0.3, -0.25) is 37.3 Å². The average molecular weight is 1390 g/mol. The molecule has 0 saturated heterocycles. The predicted molar refractivity (Wildman–Crippen MR) is 386 cm³/mol. The van der Waals surface area contributed by atoms with E-state index in [1.165, 1.54) is 186 Å². The highest BCUT2D eigenvalue weighted by atomic mass is 31.2. The van der Waals surface area contributed by atoms with Crippen LogP contribution in [-0.2, 0) is 65.4 Å². The second-order valence-corrected chi connectivity index (χ2v) is 30.1. The minimum absolute atomic E-state index is 0.0853. The predicted octanol–water partition coefficient (Wildman–Crippen LogP) is 22.0. The number of carbonyl (C=O) groups excluding carboxylic acids is 4. The molecule has 0 aliphatic carbocycles. The monoisotopic (exact) mass is 1390 g/mol. The number of esters is 4. The number of aliphatic hydroxyl groups is 1. The molecule has 0 radical (unpaired) electrons. The first-order valence-electron chi connectivity index (χ1n) is 39.0. The van der Waals surface area contributed by atoms with Crippen molar-refractivity contribution in [3.63, 3.8) is 0 Å². The van der Waals surface area contributed by atoms with Crippen LogP contribution < -0.4 is 0 Å². The van der Waals surface area contributed by atoms with Gasteiger partial charge in [-0.25, -0.2) is 9.13 Å². The van der Waals surface area contributed by atoms with Gasteiger partial charge >= 0.3 is 39.5 Å². The lowest BCUT2D eigenvalue weighted by atomic mass is 10.0. The molecule has 0 spiro atoms. The van der Waals surface area contributed by atoms with Gasteiger partial charge < -0.3 is 33.8 Å². The third-order valence-corrected chi connectivity index (χ3v) is 19.1. The number of carbonyl (C=O) groups is 4. The number of rotatable bonds is 74. The van der Waals surface area contributed by atoms with Gasteiger partial charge in [-0.2, -0.15) is 0 Å². The summed E-state index contributed by atoms with van der Waals surface area (Å²) in [6, 6.07) is 0. The fraction of sp³-hybridized carbons (Fsp3) is 0.895. The van der Waals surface area contributed by atoms with Crippen molar-refractivity contribution in [3.05, 3.63) is 24.3 Å². The first-order chi connectivity index (χ1) is 46.0. The molecular formula is C76H144O17P2. The molecule has 560 valence electrons. The lowest BCUT2D eigenvalue weighted by Crippen LogP contribution is -2.30. The molecule has 0 aromatic rings. The molecule has 0 fully saturated rings. The van der Waals surface area contributed by atoms with Crippen molar-refractivity contribution < 1.29 is 80.2 Å². The number of allylic oxidation sites excluding steroid dienone is 4. The maximum Gasteiger partial charge on any atom is 0.472 e. The van der Waals surface area contributed by atoms with Gasteiger partial charge in [0.05, 0.1) is 26.4 Å². The number of aliphatic hydroxyl groups excluding tert-OH is 1. The summed E-state index contributed by atoms with van der Waals surface area (Å²) in [5.41, 5.74) is 0. The summed E-state index contributed by atoms with van der Waals surface area (Å²) >= 11 is 0. The van der Waals surface area contributed by atoms with Crippen LogP contribution in [0.3, 0.4) is 0 Å². The molecule has 0 aliphatic rings. The van der Waals surface area contributed by atoms with Crippen molar-refractivity contribution in [1.82, 2.24) is 0 Å². The number of phosphoric acid groups is 2. The Labute approximate surface area is 580 Å². The van der Waals surface area contributed by atoms with Crippen LogP contribution in [0.4, 0.5) is 0 Å². The molecule has 5 atom stereocenters. The summed E-state index contributed by atoms with van der Waals surface area (Å²) in [6.07, 6.45) is 60.2. The minimum atomic E-state index is -4.96. The molecule has 0 aliphatic heterocycles. The minimum Gasteiger partial charge on any atom is -0.462 e. The number of hydrogen-bond acceptors (Lipinski definition) is 15. The van der Waals surface area contributed by atoms with Gasteiger partial charge in [-0.15, -0.1) is 0 Å². The van der Waals surface area contributed by atoms with E-state index in [-0.39, 0.29) is 25.7 Å². The van der Waals surface area contributed by atoms with Crippen molar-refractivity contribution in [2.45, 2.75) is 393 Å². The third-order valence-electron chi connectivity index (χ3n) is 17.2. The van der Waals surface area contributed by atoms with Gasteiger partial charge in [-0.05, 0) is 57.3 Å². The molecule has 19 heteroatoms. The summed E-state index contributed by atoms with van der Waals surface area (Å²) < 4.78 is 68.5. The van der Waals surface area contributed by atoms with Gasteiger partial charge in [-0.1, -0.05) is 322 Å². The second-order valence-electron chi connectivity index (χ2n) is 27.2. The van der Waals surface area contributed by atoms with Crippen molar-refractivity contribution >= 4 is 39.5 Å². The van der Waals surface area contributed by atoms with Crippen molar-refractivity contribution in [3.8, 4) is 0 Å². The zero-order chi connectivity index (χ0) is 69.8. The highest BCUT2D eigenvalue weighted by molar-refractivity contribution is 7.47. The first kappa shape index (κ1) is 92.5. The Morgan fingerprint density at radius 1 is 0.326 bits per heavy atom. The highest BCUT2D eigenvalue weighted by Gasteiger charge is 2.30. The van der Waals surface area contributed by atoms with Gasteiger partial charge in [0.2, 0.25) is 0 Å². The zero-order valence-corrected chi connectivity index (χ0v) is 63.1. The largest absolute Gasteiger partial charge is 0.472 e. The van der Waals surface area contributed by atoms with E-state index in [2.05, 4.69) is 58.9 Å². The van der Waals surface area contributed by atoms with Gasteiger partial charge in [0.15, 0.2) is 12.2 Å². The van der Waals surface area contributed by atoms with E-state index in [9.17, 15) is 43.2 Å². The standard InChI is InChI=1S/C76H144O17P2/c1-6-9-12-15-18-21-24-27-29-31-36-42-47-52-57-62-76(81)93-72(66-87-74(79)60-55-50-45-40-37-32-33-38-43-48-53-58-69(4)5)68-91-95(84,85)89-64-70(77)63-88-94(82,83)90-67-71(65-86-73(78)59-54-49-44-39-34-26-23-20-17-14-11-8-3)92-75(80)61-56-51-46-41-35-30-28-25-22-19-16-13-10-7-2/h21,24,27,29,69-72,77H,6-20,22-23,25-26,28,30-68H2,1-5H3,(H,82,83)(H,84,85)/b24-21-,29-27-/t70-,71+,72+/m0/s1. The zero-order valence-electron chi connectivity index (χ0n) is 61.3. The fourth-order valence-corrected chi connectivity index (χ4v) is 12.7. The van der Waals surface area contributed by atoms with E-state index < -0.39 is 97.5 Å². The van der Waals surface area contributed by atoms with E-state index in [0.29, 0.717) is 25.7 Å². The van der Waals surface area contributed by atoms with Crippen molar-refractivity contribution in [2.24, 2.45) is 5.92 Å². The normalized spacial score (nSPS) is 14.1. The molecule has 0 bridgehead atoms. The van der Waals surface area contributed by atoms with Crippen LogP contribution in [-0.4, -0.2) is 96.7 Å². The van der Waals surface area contributed by atoms with Gasteiger partial charge in [0, 0.05) is 25.7 Å². The fourth-order valence-electron chi connectivity index (χ4n) is 11.2. The number of ether oxygens (including phenoxy) is 4. The van der Waals surface area contributed by atoms with Crippen LogP contribution in [0.25, 0.3) is 0 Å². The van der Waals surface area contributed by atoms with Crippen LogP contribution in [0.2, 0.25) is 0 Å². The Bertz CT molecular complexity index is 1920. The van der Waals surface area contributed by atoms with E-state index in [1.807, 2.05) is 0 Å². The maximum atomic E-state index is 13.1. The topological polar surface area (TPSA) is 237 Å². The Morgan fingerprint density at radius 2 is 0.568 bits per heavy atom. The summed E-state index contributed by atoms with van der Waals surface area (Å²) in [5.74, 6) is -1.37. The summed E-state index contributed by atoms with van der Waals surface area (Å²) in [4.78, 5) is 72.8. The summed E-state index contributed by atoms with van der Waals surface area (Å²) in [7, 11) is -9.92. The lowest BCUT2D eigenvalue weighted by molar-refractivity contribution is -0.161. The van der Waals surface area contributed by atoms with Crippen LogP contribution >= 0.6 is 15.6 Å². The number of unbranched alkanes of at least 4 members (excludes halogenated alkanes) is 43. The molecule has 3 N–H and O–H groups in total. The van der Waals surface area contributed by atoms with E-state index >= 15 is 0 Å². The Kier molecular flexibility index (Phi) is 66.9. The highest BCUT2D eigenvalue weighted by Crippen LogP contribution is 2.45. The quantitative estimate of drug-likeness (QED) is 0.0169. The number of phosphoric ester groups is 2. The lowest BCUT2D eigenvalue weighted by Gasteiger charge is -2.21. The molecule has 0 aromatic carbocycles. The van der Waals surface area contributed by atoms with E-state index in [0.717, 1.165) is 109 Å². The molecule has 0 rings (SSSR count). The molecular weight excluding hydrogens is 1250 g/mol. The molecule has 95 heavy (non-hydrogen) atoms. The van der Waals surface area contributed by atoms with Gasteiger partial charge in [0.1, 0.15) is 19.3 Å². The van der Waals surface area contributed by atoms with Gasteiger partial charge in [0.25, 0.3) is 0 Å². The van der Waals surface area contributed by atoms with Crippen LogP contribution in [0.15, 0.2) is 24.3 Å². The Balaban J connectivity index is 5.30. The molecule has 0 heterocycles. The van der Waals surface area contributed by atoms with E-state index in [4.69, 9.17) is 37.0 Å². The van der Waals surface area contributed by atoms with Crippen LogP contribution in [0.5, 0.6) is 0 Å². The summed E-state index contributed by atoms with van der Waals surface area (Å²) in [5, 5.41) is 10.6. The SMILES string of the molecule is CCCCCC/C=C\C=C/CCCCCCCC(=O)O[C@H](COC(=O)CCCCCCCCCCCCCC(C)C)COP(=O)(O)OC[C@@H](O)COP(=O)(O)OC[C@@H](COC(=O)CCCCCCCCCCCCCC)OC(=O)CCCCCCCCCCCCCCCC. The first-order valence-corrected chi connectivity index (χ1v) is 41.9. The summed E-state index contributed by atoms with van der Waals surface area (Å²) in [6.45, 7) is 7.23. The van der Waals surface area contributed by atoms with Crippen LogP contribution in [0.1, 0.15) is 375 Å².